The Morgan fingerprint density at radius 3 is 2.89 bits per heavy atom. The summed E-state index contributed by atoms with van der Waals surface area (Å²) in [5.41, 5.74) is 1.40. The Balaban J connectivity index is 1.27. The maximum Gasteiger partial charge on any atom is 0.191 e. The molecule has 1 unspecified atom stereocenters. The number of aliphatic imine (C=N–C) groups is 1. The first-order chi connectivity index (χ1) is 13.9. The van der Waals surface area contributed by atoms with E-state index in [0.29, 0.717) is 0 Å². The first kappa shape index (κ1) is 21.0. The predicted octanol–water partition coefficient (Wildman–Crippen LogP) is 3.43. The molecule has 28 heavy (non-hydrogen) atoms. The fraction of sp³-hybridized carbons (Fsp3) is 0.500. The molecule has 1 saturated heterocycles. The second-order valence-electron chi connectivity index (χ2n) is 6.83. The van der Waals surface area contributed by atoms with Crippen LogP contribution in [0.3, 0.4) is 0 Å². The molecule has 3 rings (SSSR count). The lowest BCUT2D eigenvalue weighted by Gasteiger charge is -2.13. The summed E-state index contributed by atoms with van der Waals surface area (Å²) in [6.45, 7) is 4.09. The number of fused-ring (bicyclic) bond motifs is 1. The van der Waals surface area contributed by atoms with E-state index >= 15 is 0 Å². The highest BCUT2D eigenvalue weighted by molar-refractivity contribution is 7.98. The predicted molar refractivity (Wildman–Crippen MR) is 119 cm³/mol. The molecule has 0 bridgehead atoms. The zero-order valence-electron chi connectivity index (χ0n) is 16.7. The third-order valence-corrected chi connectivity index (χ3v) is 5.76. The van der Waals surface area contributed by atoms with Crippen molar-refractivity contribution in [2.75, 3.05) is 45.7 Å². The molecule has 6 heteroatoms. The number of benzene rings is 2. The Morgan fingerprint density at radius 2 is 2.04 bits per heavy atom. The van der Waals surface area contributed by atoms with Crippen molar-refractivity contribution in [1.82, 2.24) is 10.6 Å². The summed E-state index contributed by atoms with van der Waals surface area (Å²) < 4.78 is 11.1. The molecule has 0 amide bonds. The van der Waals surface area contributed by atoms with Gasteiger partial charge < -0.3 is 20.1 Å². The highest BCUT2D eigenvalue weighted by atomic mass is 32.2. The van der Waals surface area contributed by atoms with E-state index < -0.39 is 0 Å². The summed E-state index contributed by atoms with van der Waals surface area (Å²) in [5.74, 6) is 2.92. The Bertz CT molecular complexity index is 742. The summed E-state index contributed by atoms with van der Waals surface area (Å²) in [6, 6.07) is 15.1. The number of hydrogen-bond acceptors (Lipinski definition) is 4. The average Bonchev–Trinajstić information content (AvgIpc) is 3.25. The zero-order valence-corrected chi connectivity index (χ0v) is 17.5. The summed E-state index contributed by atoms with van der Waals surface area (Å²) >= 11 is 1.94. The Hall–Kier alpha value is -1.76. The molecule has 2 N–H and O–H groups in total. The lowest BCUT2D eigenvalue weighted by Crippen LogP contribution is -2.39. The van der Waals surface area contributed by atoms with Gasteiger partial charge in [0.2, 0.25) is 0 Å². The van der Waals surface area contributed by atoms with Crippen molar-refractivity contribution in [3.05, 3.63) is 48.0 Å². The van der Waals surface area contributed by atoms with Gasteiger partial charge in [0.1, 0.15) is 0 Å². The topological polar surface area (TPSA) is 54.9 Å². The average molecular weight is 402 g/mol. The van der Waals surface area contributed by atoms with E-state index in [1.54, 1.807) is 0 Å². The van der Waals surface area contributed by atoms with Crippen LogP contribution in [0.4, 0.5) is 0 Å². The number of thioether (sulfide) groups is 1. The van der Waals surface area contributed by atoms with Crippen molar-refractivity contribution in [3.8, 4) is 0 Å². The van der Waals surface area contributed by atoms with Crippen LogP contribution in [0.5, 0.6) is 0 Å². The van der Waals surface area contributed by atoms with Gasteiger partial charge >= 0.3 is 0 Å². The molecule has 1 heterocycles. The lowest BCUT2D eigenvalue weighted by molar-refractivity contribution is 0.0420. The van der Waals surface area contributed by atoms with Crippen molar-refractivity contribution in [2.45, 2.75) is 24.7 Å². The molecule has 5 nitrogen and oxygen atoms in total. The monoisotopic (exact) mass is 401 g/mol. The van der Waals surface area contributed by atoms with E-state index in [-0.39, 0.29) is 6.10 Å². The van der Waals surface area contributed by atoms with E-state index in [0.717, 1.165) is 63.2 Å². The van der Waals surface area contributed by atoms with E-state index in [1.807, 2.05) is 18.8 Å². The van der Waals surface area contributed by atoms with Crippen LogP contribution in [0.15, 0.2) is 47.5 Å². The van der Waals surface area contributed by atoms with Crippen molar-refractivity contribution in [2.24, 2.45) is 4.99 Å². The van der Waals surface area contributed by atoms with Crippen LogP contribution in [0.1, 0.15) is 18.4 Å². The molecule has 0 aliphatic carbocycles. The van der Waals surface area contributed by atoms with Gasteiger partial charge in [-0.1, -0.05) is 42.5 Å². The molecule has 1 aliphatic rings. The zero-order chi connectivity index (χ0) is 19.4. The highest BCUT2D eigenvalue weighted by Gasteiger charge is 2.15. The maximum atomic E-state index is 5.78. The molecule has 1 fully saturated rings. The van der Waals surface area contributed by atoms with E-state index in [1.165, 1.54) is 16.3 Å². The van der Waals surface area contributed by atoms with Gasteiger partial charge in [-0.05, 0) is 29.2 Å². The molecule has 0 aromatic heterocycles. The Morgan fingerprint density at radius 1 is 1.18 bits per heavy atom. The van der Waals surface area contributed by atoms with Crippen LogP contribution in [0.2, 0.25) is 0 Å². The van der Waals surface area contributed by atoms with Crippen LogP contribution in [0, 0.1) is 0 Å². The summed E-state index contributed by atoms with van der Waals surface area (Å²) in [5, 5.41) is 9.40. The lowest BCUT2D eigenvalue weighted by atomic mass is 10.1. The standard InChI is InChI=1S/C22H31N3O2S/c1-23-22(24-11-5-13-27-20-10-14-26-16-20)25-12-15-28-17-19-8-4-7-18-6-2-3-9-21(18)19/h2-4,6-9,20H,5,10-17H2,1H3,(H2,23,24,25). The minimum Gasteiger partial charge on any atom is -0.379 e. The first-order valence-corrected chi connectivity index (χ1v) is 11.2. The van der Waals surface area contributed by atoms with Crippen molar-refractivity contribution < 1.29 is 9.47 Å². The third-order valence-electron chi connectivity index (χ3n) is 4.75. The minimum absolute atomic E-state index is 0.288. The molecule has 2 aromatic rings. The molecule has 0 radical (unpaired) electrons. The number of hydrogen-bond donors (Lipinski definition) is 2. The minimum atomic E-state index is 0.288. The molecular weight excluding hydrogens is 370 g/mol. The third kappa shape index (κ3) is 6.69. The van der Waals surface area contributed by atoms with Gasteiger partial charge in [-0.25, -0.2) is 0 Å². The molecular formula is C22H31N3O2S. The number of nitrogens with zero attached hydrogens (tertiary/aromatic N) is 1. The van der Waals surface area contributed by atoms with E-state index in [9.17, 15) is 0 Å². The summed E-state index contributed by atoms with van der Waals surface area (Å²) in [4.78, 5) is 4.28. The maximum absolute atomic E-state index is 5.78. The van der Waals surface area contributed by atoms with Crippen LogP contribution in [-0.4, -0.2) is 57.8 Å². The SMILES string of the molecule is CN=C(NCCCOC1CCOC1)NCCSCc1cccc2ccccc12. The second kappa shape index (κ2) is 11.9. The van der Waals surface area contributed by atoms with Gasteiger partial charge in [0.05, 0.1) is 12.7 Å². The Kier molecular flexibility index (Phi) is 8.94. The van der Waals surface area contributed by atoms with Crippen LogP contribution in [0.25, 0.3) is 10.8 Å². The molecule has 1 aliphatic heterocycles. The Labute approximate surface area is 172 Å². The molecule has 0 spiro atoms. The van der Waals surface area contributed by atoms with Gasteiger partial charge in [0.15, 0.2) is 5.96 Å². The van der Waals surface area contributed by atoms with E-state index in [4.69, 9.17) is 9.47 Å². The van der Waals surface area contributed by atoms with Crippen molar-refractivity contribution in [3.63, 3.8) is 0 Å². The summed E-state index contributed by atoms with van der Waals surface area (Å²) in [6.07, 6.45) is 2.27. The number of rotatable bonds is 10. The van der Waals surface area contributed by atoms with Crippen molar-refractivity contribution >= 4 is 28.5 Å². The van der Waals surface area contributed by atoms with Gasteiger partial charge in [-0.15, -0.1) is 0 Å². The van der Waals surface area contributed by atoms with Gasteiger partial charge in [-0.2, -0.15) is 11.8 Å². The van der Waals surface area contributed by atoms with Gasteiger partial charge in [0, 0.05) is 44.9 Å². The quantitative estimate of drug-likeness (QED) is 0.363. The smallest absolute Gasteiger partial charge is 0.191 e. The van der Waals surface area contributed by atoms with E-state index in [2.05, 4.69) is 58.1 Å². The number of nitrogens with one attached hydrogen (secondary N) is 2. The highest BCUT2D eigenvalue weighted by Crippen LogP contribution is 2.22. The van der Waals surface area contributed by atoms with Crippen LogP contribution in [-0.2, 0) is 15.2 Å². The summed E-state index contributed by atoms with van der Waals surface area (Å²) in [7, 11) is 1.81. The molecule has 1 atom stereocenters. The first-order valence-electron chi connectivity index (χ1n) is 10.0. The fourth-order valence-corrected chi connectivity index (χ4v) is 4.10. The number of guanidine groups is 1. The molecule has 0 saturated carbocycles. The fourth-order valence-electron chi connectivity index (χ4n) is 3.24. The van der Waals surface area contributed by atoms with Gasteiger partial charge in [-0.3, -0.25) is 4.99 Å². The van der Waals surface area contributed by atoms with Gasteiger partial charge in [0.25, 0.3) is 0 Å². The van der Waals surface area contributed by atoms with Crippen LogP contribution >= 0.6 is 11.8 Å². The van der Waals surface area contributed by atoms with Crippen molar-refractivity contribution in [1.29, 1.82) is 0 Å². The number of ether oxygens (including phenoxy) is 2. The second-order valence-corrected chi connectivity index (χ2v) is 7.93. The largest absolute Gasteiger partial charge is 0.379 e. The molecule has 2 aromatic carbocycles. The van der Waals surface area contributed by atoms with Crippen LogP contribution < -0.4 is 10.6 Å². The molecule has 152 valence electrons. The normalized spacial score (nSPS) is 17.2.